The summed E-state index contributed by atoms with van der Waals surface area (Å²) in [5.74, 6) is 0.209. The summed E-state index contributed by atoms with van der Waals surface area (Å²) in [6.07, 6.45) is 1.59. The lowest BCUT2D eigenvalue weighted by Crippen LogP contribution is -2.30. The van der Waals surface area contributed by atoms with E-state index in [2.05, 4.69) is 9.82 Å². The average Bonchev–Trinajstić information content (AvgIpc) is 2.55. The molecule has 0 aliphatic heterocycles. The number of hydrogen-bond acceptors (Lipinski definition) is 3. The molecule has 0 saturated heterocycles. The summed E-state index contributed by atoms with van der Waals surface area (Å²) in [5.41, 5.74) is 2.01. The van der Waals surface area contributed by atoms with Crippen LogP contribution in [0.4, 0.5) is 0 Å². The van der Waals surface area contributed by atoms with Gasteiger partial charge in [0.05, 0.1) is 18.0 Å². The van der Waals surface area contributed by atoms with Crippen molar-refractivity contribution in [1.29, 1.82) is 0 Å². The molecule has 0 spiro atoms. The van der Waals surface area contributed by atoms with Crippen LogP contribution in [0.3, 0.4) is 0 Å². The normalized spacial score (nSPS) is 11.9. The van der Waals surface area contributed by atoms with Gasteiger partial charge in [-0.2, -0.15) is 5.10 Å². The molecule has 0 radical (unpaired) electrons. The van der Waals surface area contributed by atoms with Crippen LogP contribution in [0.25, 0.3) is 0 Å². The smallest absolute Gasteiger partial charge is 0.211 e. The molecule has 1 rings (SSSR count). The van der Waals surface area contributed by atoms with E-state index in [4.69, 9.17) is 0 Å². The Kier molecular flexibility index (Phi) is 5.14. The lowest BCUT2D eigenvalue weighted by molar-refractivity contribution is 0.552. The van der Waals surface area contributed by atoms with Crippen molar-refractivity contribution < 1.29 is 8.42 Å². The number of aryl methyl sites for hydroxylation is 2. The number of unbranched alkanes of at least 4 members (excludes halogenated alkanes) is 1. The first-order valence-electron chi connectivity index (χ1n) is 5.93. The second-order valence-electron chi connectivity index (χ2n) is 4.22. The highest BCUT2D eigenvalue weighted by molar-refractivity contribution is 7.89. The summed E-state index contributed by atoms with van der Waals surface area (Å²) in [7, 11) is -3.11. The van der Waals surface area contributed by atoms with E-state index in [0.717, 1.165) is 17.8 Å². The third-order valence-corrected chi connectivity index (χ3v) is 3.99. The Morgan fingerprint density at radius 1 is 1.41 bits per heavy atom. The standard InChI is InChI=1S/C11H21N3O2S/c1-4-5-8-17(15,16)12-6-7-14-11(3)9-10(2)13-14/h9,12H,4-8H2,1-3H3. The molecule has 0 fully saturated rings. The van der Waals surface area contributed by atoms with Gasteiger partial charge in [-0.1, -0.05) is 13.3 Å². The molecule has 6 heteroatoms. The zero-order chi connectivity index (χ0) is 12.9. The lowest BCUT2D eigenvalue weighted by Gasteiger charge is -2.07. The number of aromatic nitrogens is 2. The molecule has 0 aliphatic rings. The van der Waals surface area contributed by atoms with Crippen LogP contribution >= 0.6 is 0 Å². The zero-order valence-corrected chi connectivity index (χ0v) is 11.5. The van der Waals surface area contributed by atoms with Crippen molar-refractivity contribution in [3.05, 3.63) is 17.5 Å². The molecule has 0 bridgehead atoms. The van der Waals surface area contributed by atoms with E-state index in [-0.39, 0.29) is 5.75 Å². The van der Waals surface area contributed by atoms with Gasteiger partial charge in [-0.25, -0.2) is 13.1 Å². The lowest BCUT2D eigenvalue weighted by atomic mass is 10.4. The third kappa shape index (κ3) is 4.87. The quantitative estimate of drug-likeness (QED) is 0.800. The Morgan fingerprint density at radius 2 is 2.12 bits per heavy atom. The minimum absolute atomic E-state index is 0.209. The van der Waals surface area contributed by atoms with Crippen molar-refractivity contribution in [2.24, 2.45) is 0 Å². The van der Waals surface area contributed by atoms with Crippen molar-refractivity contribution in [3.8, 4) is 0 Å². The van der Waals surface area contributed by atoms with Crippen LogP contribution < -0.4 is 4.72 Å². The molecule has 17 heavy (non-hydrogen) atoms. The van der Waals surface area contributed by atoms with Crippen LogP contribution in [0, 0.1) is 13.8 Å². The topological polar surface area (TPSA) is 64.0 Å². The fraction of sp³-hybridized carbons (Fsp3) is 0.727. The van der Waals surface area contributed by atoms with E-state index < -0.39 is 10.0 Å². The first-order chi connectivity index (χ1) is 7.94. The predicted octanol–water partition coefficient (Wildman–Crippen LogP) is 1.22. The van der Waals surface area contributed by atoms with E-state index in [1.54, 1.807) is 0 Å². The summed E-state index contributed by atoms with van der Waals surface area (Å²) >= 11 is 0. The highest BCUT2D eigenvalue weighted by Gasteiger charge is 2.08. The van der Waals surface area contributed by atoms with Gasteiger partial charge in [0, 0.05) is 12.2 Å². The summed E-state index contributed by atoms with van der Waals surface area (Å²) in [6.45, 7) is 6.84. The minimum Gasteiger partial charge on any atom is -0.268 e. The number of sulfonamides is 1. The molecule has 0 atom stereocenters. The number of hydrogen-bond donors (Lipinski definition) is 1. The first kappa shape index (κ1) is 14.2. The van der Waals surface area contributed by atoms with E-state index in [0.29, 0.717) is 19.5 Å². The number of nitrogens with one attached hydrogen (secondary N) is 1. The Balaban J connectivity index is 2.40. The van der Waals surface area contributed by atoms with Crippen LogP contribution in [0.2, 0.25) is 0 Å². The first-order valence-corrected chi connectivity index (χ1v) is 7.58. The molecule has 98 valence electrons. The molecule has 0 amide bonds. The summed E-state index contributed by atoms with van der Waals surface area (Å²) < 4.78 is 27.5. The van der Waals surface area contributed by atoms with E-state index in [1.165, 1.54) is 0 Å². The molecular formula is C11H21N3O2S. The van der Waals surface area contributed by atoms with Crippen molar-refractivity contribution >= 4 is 10.0 Å². The summed E-state index contributed by atoms with van der Waals surface area (Å²) in [6, 6.07) is 1.98. The minimum atomic E-state index is -3.11. The molecule has 0 aromatic carbocycles. The molecule has 0 saturated carbocycles. The van der Waals surface area contributed by atoms with Crippen LogP contribution in [0.5, 0.6) is 0 Å². The van der Waals surface area contributed by atoms with Gasteiger partial charge < -0.3 is 0 Å². The van der Waals surface area contributed by atoms with Crippen LogP contribution in [-0.2, 0) is 16.6 Å². The summed E-state index contributed by atoms with van der Waals surface area (Å²) in [5, 5.41) is 4.27. The number of rotatable bonds is 7. The highest BCUT2D eigenvalue weighted by Crippen LogP contribution is 2.01. The maximum atomic E-state index is 11.5. The Bertz CT molecular complexity index is 451. The molecule has 1 aromatic rings. The van der Waals surface area contributed by atoms with Crippen molar-refractivity contribution in [2.45, 2.75) is 40.2 Å². The predicted molar refractivity (Wildman–Crippen MR) is 68.4 cm³/mol. The molecule has 1 aromatic heterocycles. The van der Waals surface area contributed by atoms with Gasteiger partial charge in [0.25, 0.3) is 0 Å². The SMILES string of the molecule is CCCCS(=O)(=O)NCCn1nc(C)cc1C. The Labute approximate surface area is 103 Å². The monoisotopic (exact) mass is 259 g/mol. The van der Waals surface area contributed by atoms with Gasteiger partial charge in [0.1, 0.15) is 0 Å². The molecule has 0 aliphatic carbocycles. The van der Waals surface area contributed by atoms with E-state index in [9.17, 15) is 8.42 Å². The fourth-order valence-electron chi connectivity index (χ4n) is 1.61. The summed E-state index contributed by atoms with van der Waals surface area (Å²) in [4.78, 5) is 0. The average molecular weight is 259 g/mol. The maximum absolute atomic E-state index is 11.5. The van der Waals surface area contributed by atoms with Gasteiger partial charge in [-0.05, 0) is 26.3 Å². The molecule has 1 heterocycles. The molecule has 1 N–H and O–H groups in total. The molecule has 5 nitrogen and oxygen atoms in total. The van der Waals surface area contributed by atoms with Gasteiger partial charge in [-0.15, -0.1) is 0 Å². The zero-order valence-electron chi connectivity index (χ0n) is 10.7. The Morgan fingerprint density at radius 3 is 2.65 bits per heavy atom. The fourth-order valence-corrected chi connectivity index (χ4v) is 2.83. The van der Waals surface area contributed by atoms with Gasteiger partial charge in [0.15, 0.2) is 0 Å². The van der Waals surface area contributed by atoms with Gasteiger partial charge >= 0.3 is 0 Å². The molecule has 0 unspecified atom stereocenters. The molecular weight excluding hydrogens is 238 g/mol. The second kappa shape index (κ2) is 6.16. The van der Waals surface area contributed by atoms with Crippen LogP contribution in [0.15, 0.2) is 6.07 Å². The van der Waals surface area contributed by atoms with E-state index >= 15 is 0 Å². The largest absolute Gasteiger partial charge is 0.268 e. The van der Waals surface area contributed by atoms with Crippen molar-refractivity contribution in [1.82, 2.24) is 14.5 Å². The van der Waals surface area contributed by atoms with E-state index in [1.807, 2.05) is 31.5 Å². The Hall–Kier alpha value is -0.880. The van der Waals surface area contributed by atoms with Crippen LogP contribution in [0.1, 0.15) is 31.2 Å². The van der Waals surface area contributed by atoms with Gasteiger partial charge in [-0.3, -0.25) is 4.68 Å². The highest BCUT2D eigenvalue weighted by atomic mass is 32.2. The third-order valence-electron chi connectivity index (χ3n) is 2.52. The van der Waals surface area contributed by atoms with Gasteiger partial charge in [0.2, 0.25) is 10.0 Å². The maximum Gasteiger partial charge on any atom is 0.211 e. The van der Waals surface area contributed by atoms with Crippen molar-refractivity contribution in [2.75, 3.05) is 12.3 Å². The van der Waals surface area contributed by atoms with Crippen molar-refractivity contribution in [3.63, 3.8) is 0 Å². The second-order valence-corrected chi connectivity index (χ2v) is 6.14. The van der Waals surface area contributed by atoms with Crippen LogP contribution in [-0.4, -0.2) is 30.5 Å². The number of nitrogens with zero attached hydrogens (tertiary/aromatic N) is 2.